The lowest BCUT2D eigenvalue weighted by molar-refractivity contribution is 0.154. The van der Waals surface area contributed by atoms with Crippen molar-refractivity contribution in [3.05, 3.63) is 29.6 Å². The van der Waals surface area contributed by atoms with Gasteiger partial charge in [-0.15, -0.1) is 0 Å². The molecule has 0 aliphatic heterocycles. The van der Waals surface area contributed by atoms with Crippen LogP contribution in [-0.2, 0) is 4.74 Å². The molecule has 0 aliphatic carbocycles. The van der Waals surface area contributed by atoms with Crippen LogP contribution in [0.5, 0.6) is 0 Å². The Labute approximate surface area is 102 Å². The molecule has 0 saturated carbocycles. The average Bonchev–Trinajstić information content (AvgIpc) is 2.29. The Morgan fingerprint density at radius 3 is 2.76 bits per heavy atom. The molecule has 0 saturated heterocycles. The highest BCUT2D eigenvalue weighted by Crippen LogP contribution is 2.25. The summed E-state index contributed by atoms with van der Waals surface area (Å²) >= 11 is 0. The first kappa shape index (κ1) is 13.9. The molecule has 0 spiro atoms. The maximum absolute atomic E-state index is 13.2. The number of benzene rings is 1. The number of hydrogen-bond acceptors (Lipinski definition) is 3. The number of hydrogen-bond donors (Lipinski definition) is 1. The van der Waals surface area contributed by atoms with Crippen LogP contribution in [0.15, 0.2) is 18.2 Å². The Kier molecular flexibility index (Phi) is 5.38. The Bertz CT molecular complexity index is 355. The molecular formula is C13H21FN2O. The number of likely N-dealkylation sites (N-methyl/N-ethyl adjacent to an activating group) is 1. The van der Waals surface area contributed by atoms with Crippen LogP contribution in [0, 0.1) is 5.82 Å². The zero-order valence-electron chi connectivity index (χ0n) is 10.7. The van der Waals surface area contributed by atoms with Gasteiger partial charge in [-0.05, 0) is 37.6 Å². The van der Waals surface area contributed by atoms with Crippen LogP contribution >= 0.6 is 0 Å². The number of halogens is 1. The second kappa shape index (κ2) is 6.57. The van der Waals surface area contributed by atoms with Gasteiger partial charge in [0.15, 0.2) is 0 Å². The van der Waals surface area contributed by atoms with Crippen LogP contribution in [0.1, 0.15) is 25.5 Å². The van der Waals surface area contributed by atoms with Gasteiger partial charge in [0.1, 0.15) is 5.82 Å². The van der Waals surface area contributed by atoms with Crippen molar-refractivity contribution < 1.29 is 9.13 Å². The molecule has 0 aliphatic rings. The first-order valence-electron chi connectivity index (χ1n) is 5.90. The van der Waals surface area contributed by atoms with Gasteiger partial charge in [-0.25, -0.2) is 4.39 Å². The van der Waals surface area contributed by atoms with E-state index in [-0.39, 0.29) is 11.9 Å². The van der Waals surface area contributed by atoms with Crippen molar-refractivity contribution in [2.75, 3.05) is 31.7 Å². The summed E-state index contributed by atoms with van der Waals surface area (Å²) in [5.74, 6) is -0.251. The fourth-order valence-corrected chi connectivity index (χ4v) is 1.70. The van der Waals surface area contributed by atoms with Gasteiger partial charge in [-0.1, -0.05) is 0 Å². The van der Waals surface area contributed by atoms with E-state index in [2.05, 4.69) is 0 Å². The summed E-state index contributed by atoms with van der Waals surface area (Å²) in [6, 6.07) is 4.53. The number of nitrogens with zero attached hydrogens (tertiary/aromatic N) is 1. The van der Waals surface area contributed by atoms with E-state index in [0.717, 1.165) is 17.8 Å². The van der Waals surface area contributed by atoms with Gasteiger partial charge in [0.2, 0.25) is 0 Å². The summed E-state index contributed by atoms with van der Waals surface area (Å²) < 4.78 is 18.5. The van der Waals surface area contributed by atoms with Crippen molar-refractivity contribution in [3.8, 4) is 0 Å². The van der Waals surface area contributed by atoms with Gasteiger partial charge in [-0.3, -0.25) is 0 Å². The van der Waals surface area contributed by atoms with Crippen LogP contribution < -0.4 is 10.6 Å². The second-order valence-electron chi connectivity index (χ2n) is 4.11. The molecule has 1 aromatic carbocycles. The zero-order chi connectivity index (χ0) is 12.8. The molecule has 2 N–H and O–H groups in total. The molecule has 3 nitrogen and oxygen atoms in total. The highest BCUT2D eigenvalue weighted by atomic mass is 19.1. The lowest BCUT2D eigenvalue weighted by Crippen LogP contribution is -2.25. The zero-order valence-corrected chi connectivity index (χ0v) is 10.7. The smallest absolute Gasteiger partial charge is 0.123 e. The van der Waals surface area contributed by atoms with E-state index in [1.165, 1.54) is 12.1 Å². The molecule has 0 fully saturated rings. The molecule has 0 unspecified atom stereocenters. The molecule has 0 radical (unpaired) electrons. The van der Waals surface area contributed by atoms with Crippen LogP contribution in [0.2, 0.25) is 0 Å². The van der Waals surface area contributed by atoms with Gasteiger partial charge in [0, 0.05) is 31.9 Å². The van der Waals surface area contributed by atoms with Crippen molar-refractivity contribution in [2.24, 2.45) is 5.73 Å². The summed E-state index contributed by atoms with van der Waals surface area (Å²) in [6.07, 6.45) is 0. The van der Waals surface area contributed by atoms with Crippen LogP contribution in [0.4, 0.5) is 10.1 Å². The summed E-state index contributed by atoms with van der Waals surface area (Å²) in [6.45, 7) is 5.94. The van der Waals surface area contributed by atoms with Crippen LogP contribution in [0.25, 0.3) is 0 Å². The van der Waals surface area contributed by atoms with Crippen molar-refractivity contribution >= 4 is 5.69 Å². The largest absolute Gasteiger partial charge is 0.380 e. The normalized spacial score (nSPS) is 12.5. The maximum Gasteiger partial charge on any atom is 0.123 e. The van der Waals surface area contributed by atoms with Gasteiger partial charge in [-0.2, -0.15) is 0 Å². The van der Waals surface area contributed by atoms with E-state index in [4.69, 9.17) is 10.5 Å². The lowest BCUT2D eigenvalue weighted by atomic mass is 10.1. The molecular weight excluding hydrogens is 219 g/mol. The third kappa shape index (κ3) is 3.98. The Balaban J connectivity index is 2.81. The fourth-order valence-electron chi connectivity index (χ4n) is 1.70. The number of ether oxygens (including phenoxy) is 1. The molecule has 0 bridgehead atoms. The third-order valence-electron chi connectivity index (χ3n) is 2.67. The average molecular weight is 240 g/mol. The first-order valence-corrected chi connectivity index (χ1v) is 5.90. The summed E-state index contributed by atoms with van der Waals surface area (Å²) in [7, 11) is 1.96. The van der Waals surface area contributed by atoms with Crippen LogP contribution in [-0.4, -0.2) is 26.8 Å². The second-order valence-corrected chi connectivity index (χ2v) is 4.11. The summed E-state index contributed by atoms with van der Waals surface area (Å²) in [5, 5.41) is 0. The number of anilines is 1. The summed E-state index contributed by atoms with van der Waals surface area (Å²) in [5.41, 5.74) is 7.63. The van der Waals surface area contributed by atoms with E-state index in [1.807, 2.05) is 25.8 Å². The predicted molar refractivity (Wildman–Crippen MR) is 68.8 cm³/mol. The highest BCUT2D eigenvalue weighted by Gasteiger charge is 2.11. The molecule has 0 amide bonds. The van der Waals surface area contributed by atoms with Gasteiger partial charge in [0.05, 0.1) is 6.61 Å². The Morgan fingerprint density at radius 2 is 2.18 bits per heavy atom. The Morgan fingerprint density at radius 1 is 1.47 bits per heavy atom. The van der Waals surface area contributed by atoms with Crippen molar-refractivity contribution in [1.29, 1.82) is 0 Å². The molecule has 96 valence electrons. The number of nitrogens with two attached hydrogens (primary N) is 1. The summed E-state index contributed by atoms with van der Waals surface area (Å²) in [4.78, 5) is 2.04. The number of rotatable bonds is 6. The topological polar surface area (TPSA) is 38.5 Å². The fraction of sp³-hybridized carbons (Fsp3) is 0.538. The SMILES string of the molecule is CCOCCN(C)c1ccc(F)cc1[C@H](C)N. The molecule has 1 aromatic rings. The highest BCUT2D eigenvalue weighted by molar-refractivity contribution is 5.54. The monoisotopic (exact) mass is 240 g/mol. The van der Waals surface area contributed by atoms with Gasteiger partial charge < -0.3 is 15.4 Å². The molecule has 0 aromatic heterocycles. The lowest BCUT2D eigenvalue weighted by Gasteiger charge is -2.23. The van der Waals surface area contributed by atoms with Gasteiger partial charge >= 0.3 is 0 Å². The molecule has 0 heterocycles. The third-order valence-corrected chi connectivity index (χ3v) is 2.67. The predicted octanol–water partition coefficient (Wildman–Crippen LogP) is 2.32. The molecule has 17 heavy (non-hydrogen) atoms. The van der Waals surface area contributed by atoms with E-state index < -0.39 is 0 Å². The van der Waals surface area contributed by atoms with Crippen molar-refractivity contribution in [2.45, 2.75) is 19.9 Å². The van der Waals surface area contributed by atoms with Crippen LogP contribution in [0.3, 0.4) is 0 Å². The minimum Gasteiger partial charge on any atom is -0.380 e. The van der Waals surface area contributed by atoms with Gasteiger partial charge in [0.25, 0.3) is 0 Å². The van der Waals surface area contributed by atoms with E-state index in [9.17, 15) is 4.39 Å². The van der Waals surface area contributed by atoms with E-state index in [1.54, 1.807) is 6.07 Å². The maximum atomic E-state index is 13.2. The van der Waals surface area contributed by atoms with Crippen molar-refractivity contribution in [1.82, 2.24) is 0 Å². The Hall–Kier alpha value is -1.13. The molecule has 1 rings (SSSR count). The molecule has 1 atom stereocenters. The minimum atomic E-state index is -0.251. The standard InChI is InChI=1S/C13H21FN2O/c1-4-17-8-7-16(3)13-6-5-11(14)9-12(13)10(2)15/h5-6,9-10H,4,7-8,15H2,1-3H3/t10-/m0/s1. The van der Waals surface area contributed by atoms with E-state index >= 15 is 0 Å². The quantitative estimate of drug-likeness (QED) is 0.775. The molecule has 4 heteroatoms. The van der Waals surface area contributed by atoms with E-state index in [0.29, 0.717) is 13.2 Å². The van der Waals surface area contributed by atoms with Crippen molar-refractivity contribution in [3.63, 3.8) is 0 Å². The minimum absolute atomic E-state index is 0.185. The first-order chi connectivity index (χ1) is 8.06.